The second kappa shape index (κ2) is 4.22. The molecule has 2 amide bonds. The van der Waals surface area contributed by atoms with Crippen molar-refractivity contribution in [1.29, 1.82) is 0 Å². The summed E-state index contributed by atoms with van der Waals surface area (Å²) < 4.78 is 4.91. The molecule has 0 saturated carbocycles. The van der Waals surface area contributed by atoms with Crippen LogP contribution in [-0.4, -0.2) is 25.2 Å². The van der Waals surface area contributed by atoms with Crippen molar-refractivity contribution < 1.29 is 14.3 Å². The zero-order chi connectivity index (χ0) is 11.5. The maximum atomic E-state index is 11.5. The van der Waals surface area contributed by atoms with Crippen LogP contribution >= 0.6 is 0 Å². The highest BCUT2D eigenvalue weighted by atomic mass is 16.6. The Morgan fingerprint density at radius 1 is 1.38 bits per heavy atom. The Morgan fingerprint density at radius 2 is 2.12 bits per heavy atom. The fourth-order valence-electron chi connectivity index (χ4n) is 1.69. The molecule has 1 aromatic rings. The summed E-state index contributed by atoms with van der Waals surface area (Å²) >= 11 is 0. The number of cyclic esters (lactones) is 1. The number of hydrogen-bond acceptors (Lipinski definition) is 3. The maximum Gasteiger partial charge on any atom is 0.414 e. The number of anilines is 1. The fraction of sp³-hybridized carbons (Fsp3) is 0.273. The first-order valence-corrected chi connectivity index (χ1v) is 5.03. The molecule has 1 fully saturated rings. The van der Waals surface area contributed by atoms with Crippen LogP contribution in [0.2, 0.25) is 0 Å². The lowest BCUT2D eigenvalue weighted by molar-refractivity contribution is 0.100. The molecule has 0 aromatic heterocycles. The number of carbonyl (C=O) groups is 2. The predicted octanol–water partition coefficient (Wildman–Crippen LogP) is 1.13. The molecule has 2 rings (SSSR count). The second-order valence-corrected chi connectivity index (χ2v) is 3.50. The highest BCUT2D eigenvalue weighted by Gasteiger charge is 2.24. The van der Waals surface area contributed by atoms with Gasteiger partial charge in [-0.25, -0.2) is 4.79 Å². The number of nitrogens with zero attached hydrogens (tertiary/aromatic N) is 1. The van der Waals surface area contributed by atoms with E-state index < -0.39 is 12.0 Å². The number of nitrogens with two attached hydrogens (primary N) is 1. The smallest absolute Gasteiger partial charge is 0.414 e. The van der Waals surface area contributed by atoms with Crippen LogP contribution in [0.3, 0.4) is 0 Å². The van der Waals surface area contributed by atoms with Crippen LogP contribution in [0, 0.1) is 0 Å². The van der Waals surface area contributed by atoms with E-state index in [4.69, 9.17) is 10.5 Å². The molecule has 0 atom stereocenters. The van der Waals surface area contributed by atoms with E-state index in [1.54, 1.807) is 24.3 Å². The van der Waals surface area contributed by atoms with Crippen molar-refractivity contribution in [2.75, 3.05) is 18.1 Å². The molecule has 1 aliphatic heterocycles. The summed E-state index contributed by atoms with van der Waals surface area (Å²) in [6.07, 6.45) is 0.318. The molecular weight excluding hydrogens is 208 g/mol. The van der Waals surface area contributed by atoms with E-state index in [0.717, 1.165) is 6.42 Å². The van der Waals surface area contributed by atoms with Crippen LogP contribution in [0.25, 0.3) is 0 Å². The van der Waals surface area contributed by atoms with Crippen LogP contribution in [0.15, 0.2) is 24.3 Å². The summed E-state index contributed by atoms with van der Waals surface area (Å²) in [4.78, 5) is 24.2. The molecule has 1 heterocycles. The first kappa shape index (κ1) is 10.5. The van der Waals surface area contributed by atoms with E-state index in [-0.39, 0.29) is 0 Å². The van der Waals surface area contributed by atoms with E-state index in [1.807, 2.05) is 0 Å². The Hall–Kier alpha value is -2.04. The van der Waals surface area contributed by atoms with Gasteiger partial charge in [0.2, 0.25) is 0 Å². The zero-order valence-electron chi connectivity index (χ0n) is 8.68. The van der Waals surface area contributed by atoms with Gasteiger partial charge in [-0.2, -0.15) is 0 Å². The average Bonchev–Trinajstić information content (AvgIpc) is 2.29. The number of amides is 2. The third-order valence-corrected chi connectivity index (χ3v) is 2.43. The first-order chi connectivity index (χ1) is 7.70. The summed E-state index contributed by atoms with van der Waals surface area (Å²) in [5.74, 6) is -0.547. The minimum Gasteiger partial charge on any atom is -0.449 e. The quantitative estimate of drug-likeness (QED) is 0.812. The third kappa shape index (κ3) is 1.84. The molecule has 0 radical (unpaired) electrons. The van der Waals surface area contributed by atoms with Crippen molar-refractivity contribution in [3.8, 4) is 0 Å². The van der Waals surface area contributed by atoms with Gasteiger partial charge >= 0.3 is 6.09 Å². The van der Waals surface area contributed by atoms with Crippen molar-refractivity contribution in [2.45, 2.75) is 6.42 Å². The number of rotatable bonds is 2. The molecule has 84 valence electrons. The Balaban J connectivity index is 2.38. The summed E-state index contributed by atoms with van der Waals surface area (Å²) in [5, 5.41) is 0. The predicted molar refractivity (Wildman–Crippen MR) is 58.3 cm³/mol. The van der Waals surface area contributed by atoms with Crippen LogP contribution in [0.1, 0.15) is 16.8 Å². The zero-order valence-corrected chi connectivity index (χ0v) is 8.68. The normalized spacial score (nSPS) is 15.8. The van der Waals surface area contributed by atoms with Crippen LogP contribution in [0.5, 0.6) is 0 Å². The van der Waals surface area contributed by atoms with Gasteiger partial charge in [0.05, 0.1) is 17.9 Å². The van der Waals surface area contributed by atoms with Crippen molar-refractivity contribution in [2.24, 2.45) is 5.73 Å². The number of hydrogen-bond donors (Lipinski definition) is 1. The van der Waals surface area contributed by atoms with E-state index >= 15 is 0 Å². The van der Waals surface area contributed by atoms with Crippen molar-refractivity contribution in [3.05, 3.63) is 29.8 Å². The summed E-state index contributed by atoms with van der Waals surface area (Å²) in [6, 6.07) is 6.74. The molecule has 5 nitrogen and oxygen atoms in total. The summed E-state index contributed by atoms with van der Waals surface area (Å²) in [5.41, 5.74) is 6.10. The van der Waals surface area contributed by atoms with Crippen molar-refractivity contribution in [1.82, 2.24) is 0 Å². The molecule has 2 N–H and O–H groups in total. The van der Waals surface area contributed by atoms with Crippen molar-refractivity contribution in [3.63, 3.8) is 0 Å². The van der Waals surface area contributed by atoms with E-state index in [1.165, 1.54) is 4.90 Å². The van der Waals surface area contributed by atoms with Crippen molar-refractivity contribution >= 4 is 17.7 Å². The Kier molecular flexibility index (Phi) is 2.76. The number of carbonyl (C=O) groups excluding carboxylic acids is 2. The average molecular weight is 220 g/mol. The maximum absolute atomic E-state index is 11.5. The molecule has 0 unspecified atom stereocenters. The fourth-order valence-corrected chi connectivity index (χ4v) is 1.69. The summed E-state index contributed by atoms with van der Waals surface area (Å²) in [6.45, 7) is 0.969. The van der Waals surface area contributed by atoms with Gasteiger partial charge in [0.25, 0.3) is 5.91 Å². The number of para-hydroxylation sites is 1. The summed E-state index contributed by atoms with van der Waals surface area (Å²) in [7, 11) is 0. The first-order valence-electron chi connectivity index (χ1n) is 5.03. The van der Waals surface area contributed by atoms with Gasteiger partial charge in [-0.1, -0.05) is 12.1 Å². The van der Waals surface area contributed by atoms with Gasteiger partial charge in [0, 0.05) is 6.54 Å². The lowest BCUT2D eigenvalue weighted by Crippen LogP contribution is -2.38. The van der Waals surface area contributed by atoms with Gasteiger partial charge in [0.15, 0.2) is 0 Å². The molecule has 5 heteroatoms. The third-order valence-electron chi connectivity index (χ3n) is 2.43. The van der Waals surface area contributed by atoms with E-state index in [0.29, 0.717) is 24.4 Å². The Morgan fingerprint density at radius 3 is 2.81 bits per heavy atom. The van der Waals surface area contributed by atoms with Gasteiger partial charge in [0.1, 0.15) is 0 Å². The number of ether oxygens (including phenoxy) is 1. The molecule has 1 aliphatic rings. The lowest BCUT2D eigenvalue weighted by Gasteiger charge is -2.27. The second-order valence-electron chi connectivity index (χ2n) is 3.50. The molecule has 0 aliphatic carbocycles. The van der Waals surface area contributed by atoms with E-state index in [9.17, 15) is 9.59 Å². The lowest BCUT2D eigenvalue weighted by atomic mass is 10.1. The molecule has 1 aromatic carbocycles. The van der Waals surface area contributed by atoms with E-state index in [2.05, 4.69) is 0 Å². The minimum atomic E-state index is -0.547. The van der Waals surface area contributed by atoms with Crippen LogP contribution in [0.4, 0.5) is 10.5 Å². The molecule has 1 saturated heterocycles. The molecule has 0 bridgehead atoms. The Labute approximate surface area is 92.8 Å². The molecular formula is C11H12N2O3. The number of primary amides is 1. The van der Waals surface area contributed by atoms with Crippen LogP contribution < -0.4 is 10.6 Å². The monoisotopic (exact) mass is 220 g/mol. The van der Waals surface area contributed by atoms with Crippen LogP contribution in [-0.2, 0) is 4.74 Å². The van der Waals surface area contributed by atoms with Gasteiger partial charge in [-0.3, -0.25) is 9.69 Å². The van der Waals surface area contributed by atoms with Gasteiger partial charge in [-0.05, 0) is 18.6 Å². The number of benzene rings is 1. The minimum absolute atomic E-state index is 0.335. The largest absolute Gasteiger partial charge is 0.449 e. The topological polar surface area (TPSA) is 72.6 Å². The van der Waals surface area contributed by atoms with Gasteiger partial charge in [-0.15, -0.1) is 0 Å². The van der Waals surface area contributed by atoms with Gasteiger partial charge < -0.3 is 10.5 Å². The highest BCUT2D eigenvalue weighted by molar-refractivity contribution is 6.02. The standard InChI is InChI=1S/C11H12N2O3/c12-10(14)8-4-1-2-5-9(8)13-6-3-7-16-11(13)15/h1-2,4-5H,3,6-7H2,(H2,12,14). The molecule has 0 spiro atoms. The highest BCUT2D eigenvalue weighted by Crippen LogP contribution is 2.22. The Bertz CT molecular complexity index is 431. The molecule has 16 heavy (non-hydrogen) atoms. The SMILES string of the molecule is NC(=O)c1ccccc1N1CCCOC1=O.